The Labute approximate surface area is 111 Å². The number of aromatic nitrogens is 6. The summed E-state index contributed by atoms with van der Waals surface area (Å²) in [7, 11) is 0. The van der Waals surface area contributed by atoms with E-state index < -0.39 is 0 Å². The predicted molar refractivity (Wildman–Crippen MR) is 70.4 cm³/mol. The minimum absolute atomic E-state index is 0.174. The maximum Gasteiger partial charge on any atom is 0.224 e. The highest BCUT2D eigenvalue weighted by molar-refractivity contribution is 9.10. The largest absolute Gasteiger partial charge is 0.368 e. The standard InChI is InChI=1S/C10H10BrN7/c1-4-6(11)5(2)18(17-4)9-7-8(14-3-13-7)15-10(12)16-9/h3H,1-2H3,(H3,12,13,14,15,16). The van der Waals surface area contributed by atoms with Gasteiger partial charge in [-0.1, -0.05) is 0 Å². The van der Waals surface area contributed by atoms with Crippen molar-refractivity contribution >= 4 is 33.0 Å². The van der Waals surface area contributed by atoms with Crippen LogP contribution in [0, 0.1) is 13.8 Å². The molecule has 92 valence electrons. The van der Waals surface area contributed by atoms with Gasteiger partial charge in [0.2, 0.25) is 5.95 Å². The number of H-pyrrole nitrogens is 1. The first-order valence-electron chi connectivity index (χ1n) is 5.26. The Bertz CT molecular complexity index is 742. The molecule has 8 heteroatoms. The first kappa shape index (κ1) is 11.1. The van der Waals surface area contributed by atoms with Crippen molar-refractivity contribution in [2.45, 2.75) is 13.8 Å². The molecule has 7 nitrogen and oxygen atoms in total. The van der Waals surface area contributed by atoms with E-state index in [1.807, 2.05) is 13.8 Å². The third-order valence-electron chi connectivity index (χ3n) is 2.69. The van der Waals surface area contributed by atoms with Gasteiger partial charge < -0.3 is 10.7 Å². The third kappa shape index (κ3) is 1.49. The van der Waals surface area contributed by atoms with Crippen LogP contribution in [0.1, 0.15) is 11.4 Å². The highest BCUT2D eigenvalue weighted by Gasteiger charge is 2.16. The van der Waals surface area contributed by atoms with Gasteiger partial charge in [0.15, 0.2) is 11.5 Å². The molecule has 0 aliphatic rings. The molecule has 0 aliphatic heterocycles. The van der Waals surface area contributed by atoms with Gasteiger partial charge in [0.05, 0.1) is 22.2 Å². The van der Waals surface area contributed by atoms with Gasteiger partial charge in [0.1, 0.15) is 5.52 Å². The number of imidazole rings is 1. The lowest BCUT2D eigenvalue weighted by Crippen LogP contribution is -2.06. The number of fused-ring (bicyclic) bond motifs is 1. The number of nitrogens with zero attached hydrogens (tertiary/aromatic N) is 5. The summed E-state index contributed by atoms with van der Waals surface area (Å²) in [5.41, 5.74) is 8.76. The lowest BCUT2D eigenvalue weighted by atomic mass is 10.4. The minimum atomic E-state index is 0.174. The molecule has 0 saturated carbocycles. The van der Waals surface area contributed by atoms with Gasteiger partial charge >= 0.3 is 0 Å². The molecule has 0 aliphatic carbocycles. The summed E-state index contributed by atoms with van der Waals surface area (Å²) in [5, 5.41) is 4.43. The Kier molecular flexibility index (Phi) is 2.34. The molecule has 0 radical (unpaired) electrons. The van der Waals surface area contributed by atoms with Crippen molar-refractivity contribution in [2.75, 3.05) is 5.73 Å². The number of anilines is 1. The van der Waals surface area contributed by atoms with E-state index in [1.54, 1.807) is 11.0 Å². The maximum atomic E-state index is 5.69. The van der Waals surface area contributed by atoms with Crippen molar-refractivity contribution in [2.24, 2.45) is 0 Å². The lowest BCUT2D eigenvalue weighted by Gasteiger charge is -2.04. The summed E-state index contributed by atoms with van der Waals surface area (Å²) in [6.07, 6.45) is 1.56. The number of halogens is 1. The van der Waals surface area contributed by atoms with Crippen molar-refractivity contribution < 1.29 is 0 Å². The Morgan fingerprint density at radius 3 is 2.78 bits per heavy atom. The normalized spacial score (nSPS) is 11.3. The second-order valence-corrected chi connectivity index (χ2v) is 4.70. The first-order chi connectivity index (χ1) is 8.58. The van der Waals surface area contributed by atoms with E-state index in [-0.39, 0.29) is 5.95 Å². The zero-order valence-electron chi connectivity index (χ0n) is 9.77. The Morgan fingerprint density at radius 1 is 1.33 bits per heavy atom. The average molecular weight is 308 g/mol. The number of nitrogens with two attached hydrogens (primary N) is 1. The van der Waals surface area contributed by atoms with E-state index in [9.17, 15) is 0 Å². The van der Waals surface area contributed by atoms with Gasteiger partial charge in [-0.3, -0.25) is 0 Å². The van der Waals surface area contributed by atoms with Gasteiger partial charge in [0.25, 0.3) is 0 Å². The Morgan fingerprint density at radius 2 is 2.11 bits per heavy atom. The molecule has 0 spiro atoms. The van der Waals surface area contributed by atoms with E-state index >= 15 is 0 Å². The number of rotatable bonds is 1. The van der Waals surface area contributed by atoms with Crippen LogP contribution in [0.4, 0.5) is 5.95 Å². The van der Waals surface area contributed by atoms with Crippen molar-refractivity contribution in [3.63, 3.8) is 0 Å². The molecule has 3 aromatic rings. The predicted octanol–water partition coefficient (Wildman–Crippen LogP) is 1.50. The molecular formula is C10H10BrN7. The fourth-order valence-corrected chi connectivity index (χ4v) is 2.06. The topological polar surface area (TPSA) is 98.3 Å². The SMILES string of the molecule is Cc1nn(-c2nc(N)nc3nc[nH]c23)c(C)c1Br. The van der Waals surface area contributed by atoms with E-state index in [4.69, 9.17) is 5.73 Å². The number of aryl methyl sites for hydroxylation is 1. The van der Waals surface area contributed by atoms with Crippen LogP contribution in [0.5, 0.6) is 0 Å². The second-order valence-electron chi connectivity index (χ2n) is 3.90. The Balaban J connectivity index is 2.37. The zero-order chi connectivity index (χ0) is 12.9. The smallest absolute Gasteiger partial charge is 0.224 e. The fourth-order valence-electron chi connectivity index (χ4n) is 1.82. The molecule has 18 heavy (non-hydrogen) atoms. The summed E-state index contributed by atoms with van der Waals surface area (Å²) in [6.45, 7) is 3.87. The molecule has 0 fully saturated rings. The molecule has 0 saturated heterocycles. The molecule has 3 rings (SSSR count). The number of hydrogen-bond acceptors (Lipinski definition) is 5. The lowest BCUT2D eigenvalue weighted by molar-refractivity contribution is 0.810. The average Bonchev–Trinajstić information content (AvgIpc) is 2.88. The zero-order valence-corrected chi connectivity index (χ0v) is 11.4. The summed E-state index contributed by atoms with van der Waals surface area (Å²) >= 11 is 3.49. The molecule has 3 aromatic heterocycles. The van der Waals surface area contributed by atoms with Gasteiger partial charge in [-0.2, -0.15) is 15.1 Å². The van der Waals surface area contributed by atoms with E-state index in [0.717, 1.165) is 15.9 Å². The molecule has 0 atom stereocenters. The summed E-state index contributed by atoms with van der Waals surface area (Å²) < 4.78 is 2.67. The third-order valence-corrected chi connectivity index (χ3v) is 3.84. The quantitative estimate of drug-likeness (QED) is 0.710. The van der Waals surface area contributed by atoms with Crippen LogP contribution >= 0.6 is 15.9 Å². The number of aromatic amines is 1. The molecule has 3 heterocycles. The molecule has 0 unspecified atom stereocenters. The van der Waals surface area contributed by atoms with Crippen LogP contribution in [0.3, 0.4) is 0 Å². The van der Waals surface area contributed by atoms with Gasteiger partial charge in [-0.25, -0.2) is 9.67 Å². The Hall–Kier alpha value is -1.96. The number of nitrogen functional groups attached to an aromatic ring is 1. The first-order valence-corrected chi connectivity index (χ1v) is 6.06. The van der Waals surface area contributed by atoms with Crippen molar-refractivity contribution in [3.8, 4) is 5.82 Å². The maximum absolute atomic E-state index is 5.69. The van der Waals surface area contributed by atoms with Gasteiger partial charge in [-0.05, 0) is 29.8 Å². The van der Waals surface area contributed by atoms with E-state index in [2.05, 4.69) is 41.0 Å². The summed E-state index contributed by atoms with van der Waals surface area (Å²) in [4.78, 5) is 15.4. The van der Waals surface area contributed by atoms with Crippen LogP contribution in [0.25, 0.3) is 17.0 Å². The van der Waals surface area contributed by atoms with Crippen molar-refractivity contribution in [3.05, 3.63) is 22.2 Å². The molecule has 0 aromatic carbocycles. The fraction of sp³-hybridized carbons (Fsp3) is 0.200. The molecule has 3 N–H and O–H groups in total. The highest BCUT2D eigenvalue weighted by Crippen LogP contribution is 2.24. The van der Waals surface area contributed by atoms with Crippen LogP contribution < -0.4 is 5.73 Å². The summed E-state index contributed by atoms with van der Waals surface area (Å²) in [6, 6.07) is 0. The minimum Gasteiger partial charge on any atom is -0.368 e. The van der Waals surface area contributed by atoms with Gasteiger partial charge in [0, 0.05) is 0 Å². The number of nitrogens with one attached hydrogen (secondary N) is 1. The van der Waals surface area contributed by atoms with E-state index in [0.29, 0.717) is 17.0 Å². The van der Waals surface area contributed by atoms with Crippen LogP contribution in [-0.2, 0) is 0 Å². The number of hydrogen-bond donors (Lipinski definition) is 2. The van der Waals surface area contributed by atoms with E-state index in [1.165, 1.54) is 0 Å². The van der Waals surface area contributed by atoms with Crippen LogP contribution in [0.2, 0.25) is 0 Å². The molecular weight excluding hydrogens is 298 g/mol. The molecule has 0 amide bonds. The highest BCUT2D eigenvalue weighted by atomic mass is 79.9. The monoisotopic (exact) mass is 307 g/mol. The van der Waals surface area contributed by atoms with Crippen LogP contribution in [-0.4, -0.2) is 29.7 Å². The summed E-state index contributed by atoms with van der Waals surface area (Å²) in [5.74, 6) is 0.773. The van der Waals surface area contributed by atoms with Crippen molar-refractivity contribution in [1.29, 1.82) is 0 Å². The van der Waals surface area contributed by atoms with Crippen LogP contribution in [0.15, 0.2) is 10.8 Å². The van der Waals surface area contributed by atoms with Gasteiger partial charge in [-0.15, -0.1) is 0 Å². The van der Waals surface area contributed by atoms with Crippen molar-refractivity contribution in [1.82, 2.24) is 29.7 Å². The second kappa shape index (κ2) is 3.77. The molecule has 0 bridgehead atoms.